The standard InChI is InChI=1S/C25H29N3O4/c1-32-22-10-6-5-9-21(22)28-17-20(15-23(28)29)25(31)27-13-11-19(12-14-27)24(30)26-16-18-7-3-2-4-8-18/h2-10,19-20H,11-17H2,1H3,(H,26,30). The summed E-state index contributed by atoms with van der Waals surface area (Å²) in [5.41, 5.74) is 1.77. The van der Waals surface area contributed by atoms with Crippen LogP contribution in [0, 0.1) is 11.8 Å². The van der Waals surface area contributed by atoms with E-state index in [4.69, 9.17) is 4.74 Å². The molecule has 2 aliphatic rings. The molecule has 168 valence electrons. The number of rotatable bonds is 6. The zero-order chi connectivity index (χ0) is 22.5. The minimum Gasteiger partial charge on any atom is -0.495 e. The summed E-state index contributed by atoms with van der Waals surface area (Å²) in [5, 5.41) is 3.00. The number of carbonyl (C=O) groups is 3. The molecule has 2 heterocycles. The zero-order valence-electron chi connectivity index (χ0n) is 18.3. The van der Waals surface area contributed by atoms with Gasteiger partial charge in [0, 0.05) is 38.5 Å². The summed E-state index contributed by atoms with van der Waals surface area (Å²) in [6, 6.07) is 17.2. The van der Waals surface area contributed by atoms with Gasteiger partial charge < -0.3 is 19.9 Å². The Kier molecular flexibility index (Phi) is 6.73. The Morgan fingerprint density at radius 3 is 2.41 bits per heavy atom. The molecule has 2 saturated heterocycles. The van der Waals surface area contributed by atoms with E-state index in [0.29, 0.717) is 50.5 Å². The lowest BCUT2D eigenvalue weighted by Crippen LogP contribution is -2.45. The van der Waals surface area contributed by atoms with Gasteiger partial charge in [-0.3, -0.25) is 14.4 Å². The molecule has 0 bridgehead atoms. The van der Waals surface area contributed by atoms with Crippen LogP contribution in [0.5, 0.6) is 5.75 Å². The van der Waals surface area contributed by atoms with Crippen LogP contribution in [0.3, 0.4) is 0 Å². The van der Waals surface area contributed by atoms with Crippen molar-refractivity contribution in [2.24, 2.45) is 11.8 Å². The van der Waals surface area contributed by atoms with Crippen LogP contribution in [0.15, 0.2) is 54.6 Å². The van der Waals surface area contributed by atoms with E-state index in [-0.39, 0.29) is 36.0 Å². The molecular formula is C25H29N3O4. The Hall–Kier alpha value is -3.35. The first-order valence-electron chi connectivity index (χ1n) is 11.1. The van der Waals surface area contributed by atoms with Crippen molar-refractivity contribution < 1.29 is 19.1 Å². The highest BCUT2D eigenvalue weighted by Crippen LogP contribution is 2.33. The predicted octanol–water partition coefficient (Wildman–Crippen LogP) is 2.60. The van der Waals surface area contributed by atoms with Gasteiger partial charge in [0.2, 0.25) is 17.7 Å². The molecule has 1 unspecified atom stereocenters. The van der Waals surface area contributed by atoms with Crippen molar-refractivity contribution in [1.82, 2.24) is 10.2 Å². The second-order valence-electron chi connectivity index (χ2n) is 8.38. The van der Waals surface area contributed by atoms with Gasteiger partial charge in [0.25, 0.3) is 0 Å². The quantitative estimate of drug-likeness (QED) is 0.757. The highest BCUT2D eigenvalue weighted by Gasteiger charge is 2.39. The Morgan fingerprint density at radius 2 is 1.69 bits per heavy atom. The van der Waals surface area contributed by atoms with E-state index in [0.717, 1.165) is 5.56 Å². The molecule has 1 N–H and O–H groups in total. The maximum absolute atomic E-state index is 13.1. The molecule has 2 aliphatic heterocycles. The molecule has 0 aromatic heterocycles. The number of ether oxygens (including phenoxy) is 1. The van der Waals surface area contributed by atoms with Crippen LogP contribution in [0.1, 0.15) is 24.8 Å². The number of amides is 3. The lowest BCUT2D eigenvalue weighted by Gasteiger charge is -2.33. The normalized spacial score (nSPS) is 19.2. The third-order valence-corrected chi connectivity index (χ3v) is 6.34. The van der Waals surface area contributed by atoms with Gasteiger partial charge in [0.1, 0.15) is 5.75 Å². The lowest BCUT2D eigenvalue weighted by atomic mass is 9.94. The number of piperidine rings is 1. The third kappa shape index (κ3) is 4.77. The molecule has 2 aromatic carbocycles. The van der Waals surface area contributed by atoms with Crippen LogP contribution in [0.4, 0.5) is 5.69 Å². The molecule has 3 amide bonds. The minimum absolute atomic E-state index is 0.00103. The molecule has 0 saturated carbocycles. The number of nitrogens with one attached hydrogen (secondary N) is 1. The van der Waals surface area contributed by atoms with Crippen molar-refractivity contribution in [3.05, 3.63) is 60.2 Å². The van der Waals surface area contributed by atoms with E-state index >= 15 is 0 Å². The number of carbonyl (C=O) groups excluding carboxylic acids is 3. The number of anilines is 1. The average Bonchev–Trinajstić information content (AvgIpc) is 3.24. The maximum atomic E-state index is 13.1. The predicted molar refractivity (Wildman–Crippen MR) is 121 cm³/mol. The van der Waals surface area contributed by atoms with Crippen LogP contribution in [-0.4, -0.2) is 49.4 Å². The Bertz CT molecular complexity index is 970. The molecule has 2 fully saturated rings. The van der Waals surface area contributed by atoms with Gasteiger partial charge in [-0.05, 0) is 30.5 Å². The summed E-state index contributed by atoms with van der Waals surface area (Å²) in [5.74, 6) is 0.145. The Balaban J connectivity index is 1.29. The van der Waals surface area contributed by atoms with Gasteiger partial charge in [-0.25, -0.2) is 0 Å². The van der Waals surface area contributed by atoms with Crippen molar-refractivity contribution >= 4 is 23.4 Å². The van der Waals surface area contributed by atoms with Crippen LogP contribution < -0.4 is 15.0 Å². The molecule has 32 heavy (non-hydrogen) atoms. The first kappa shape index (κ1) is 21.9. The number of hydrogen-bond donors (Lipinski definition) is 1. The smallest absolute Gasteiger partial charge is 0.228 e. The van der Waals surface area contributed by atoms with Crippen LogP contribution in [0.2, 0.25) is 0 Å². The second-order valence-corrected chi connectivity index (χ2v) is 8.38. The summed E-state index contributed by atoms with van der Waals surface area (Å²) in [6.07, 6.45) is 1.49. The van der Waals surface area contributed by atoms with Gasteiger partial charge in [0.15, 0.2) is 0 Å². The monoisotopic (exact) mass is 435 g/mol. The SMILES string of the molecule is COc1ccccc1N1CC(C(=O)N2CCC(C(=O)NCc3ccccc3)CC2)CC1=O. The van der Waals surface area contributed by atoms with Gasteiger partial charge in [0.05, 0.1) is 18.7 Å². The molecule has 2 aromatic rings. The first-order chi connectivity index (χ1) is 15.6. The summed E-state index contributed by atoms with van der Waals surface area (Å²) in [6.45, 7) is 1.96. The fourth-order valence-electron chi connectivity index (χ4n) is 4.51. The summed E-state index contributed by atoms with van der Waals surface area (Å²) >= 11 is 0. The van der Waals surface area contributed by atoms with E-state index < -0.39 is 0 Å². The molecule has 0 aliphatic carbocycles. The lowest BCUT2D eigenvalue weighted by molar-refractivity contribution is -0.139. The van der Waals surface area contributed by atoms with E-state index in [1.54, 1.807) is 12.0 Å². The van der Waals surface area contributed by atoms with Crippen LogP contribution in [0.25, 0.3) is 0 Å². The average molecular weight is 436 g/mol. The van der Waals surface area contributed by atoms with Crippen LogP contribution in [-0.2, 0) is 20.9 Å². The van der Waals surface area contributed by atoms with E-state index in [9.17, 15) is 14.4 Å². The number of methoxy groups -OCH3 is 1. The van der Waals surface area contributed by atoms with Crippen LogP contribution >= 0.6 is 0 Å². The number of likely N-dealkylation sites (tertiary alicyclic amines) is 1. The van der Waals surface area contributed by atoms with Gasteiger partial charge in [-0.15, -0.1) is 0 Å². The van der Waals surface area contributed by atoms with E-state index in [1.807, 2.05) is 59.5 Å². The number of para-hydroxylation sites is 2. The summed E-state index contributed by atoms with van der Waals surface area (Å²) < 4.78 is 5.37. The van der Waals surface area contributed by atoms with Crippen molar-refractivity contribution in [3.63, 3.8) is 0 Å². The van der Waals surface area contributed by atoms with E-state index in [1.165, 1.54) is 0 Å². The van der Waals surface area contributed by atoms with Crippen molar-refractivity contribution in [3.8, 4) is 5.75 Å². The Labute approximate surface area is 188 Å². The third-order valence-electron chi connectivity index (χ3n) is 6.34. The second kappa shape index (κ2) is 9.85. The fourth-order valence-corrected chi connectivity index (χ4v) is 4.51. The molecule has 7 heteroatoms. The molecule has 4 rings (SSSR count). The molecular weight excluding hydrogens is 406 g/mol. The number of nitrogens with zero attached hydrogens (tertiary/aromatic N) is 2. The van der Waals surface area contributed by atoms with Crippen molar-refractivity contribution in [2.45, 2.75) is 25.8 Å². The molecule has 7 nitrogen and oxygen atoms in total. The van der Waals surface area contributed by atoms with Gasteiger partial charge in [-0.2, -0.15) is 0 Å². The van der Waals surface area contributed by atoms with Gasteiger partial charge in [-0.1, -0.05) is 42.5 Å². The van der Waals surface area contributed by atoms with Gasteiger partial charge >= 0.3 is 0 Å². The summed E-state index contributed by atoms with van der Waals surface area (Å²) in [4.78, 5) is 41.7. The Morgan fingerprint density at radius 1 is 1.00 bits per heavy atom. The molecule has 0 radical (unpaired) electrons. The largest absolute Gasteiger partial charge is 0.495 e. The van der Waals surface area contributed by atoms with Crippen molar-refractivity contribution in [2.75, 3.05) is 31.6 Å². The number of hydrogen-bond acceptors (Lipinski definition) is 4. The minimum atomic E-state index is -0.365. The molecule has 0 spiro atoms. The number of benzene rings is 2. The molecule has 1 atom stereocenters. The topological polar surface area (TPSA) is 79.0 Å². The highest BCUT2D eigenvalue weighted by atomic mass is 16.5. The summed E-state index contributed by atoms with van der Waals surface area (Å²) in [7, 11) is 1.57. The first-order valence-corrected chi connectivity index (χ1v) is 11.1. The van der Waals surface area contributed by atoms with E-state index in [2.05, 4.69) is 5.32 Å². The fraction of sp³-hybridized carbons (Fsp3) is 0.400. The maximum Gasteiger partial charge on any atom is 0.228 e. The van der Waals surface area contributed by atoms with Crippen molar-refractivity contribution in [1.29, 1.82) is 0 Å². The zero-order valence-corrected chi connectivity index (χ0v) is 18.3. The highest BCUT2D eigenvalue weighted by molar-refractivity contribution is 6.01.